The molecule has 1 heterocycles. The Balaban J connectivity index is 3.17. The van der Waals surface area contributed by atoms with Gasteiger partial charge in [0.05, 0.1) is 0 Å². The number of carbonyl (C=O) groups excluding carboxylic acids is 1. The van der Waals surface area contributed by atoms with E-state index in [1.54, 1.807) is 0 Å². The Labute approximate surface area is 142 Å². The summed E-state index contributed by atoms with van der Waals surface area (Å²) in [5, 5.41) is 0. The van der Waals surface area contributed by atoms with Crippen LogP contribution in [0, 0.1) is 11.3 Å². The van der Waals surface area contributed by atoms with Gasteiger partial charge in [-0.05, 0) is 43.3 Å². The van der Waals surface area contributed by atoms with Crippen LogP contribution in [0.5, 0.6) is 0 Å². The first-order chi connectivity index (χ1) is 10.3. The number of hydrogen-bond donors (Lipinski definition) is 0. The lowest BCUT2D eigenvalue weighted by molar-refractivity contribution is -0.133. The average Bonchev–Trinajstić information content (AvgIpc) is 2.96. The van der Waals surface area contributed by atoms with E-state index in [1.807, 2.05) is 11.8 Å². The van der Waals surface area contributed by atoms with Gasteiger partial charge in [-0.15, -0.1) is 0 Å². The lowest BCUT2D eigenvalue weighted by atomic mass is 9.66. The highest BCUT2D eigenvalue weighted by molar-refractivity contribution is 7.99. The monoisotopic (exact) mass is 327 g/mol. The number of thioether (sulfide) groups is 1. The Morgan fingerprint density at radius 1 is 1.23 bits per heavy atom. The zero-order chi connectivity index (χ0) is 17.0. The molecule has 0 aromatic carbocycles. The Hall–Kier alpha value is -0.180. The van der Waals surface area contributed by atoms with E-state index >= 15 is 0 Å². The second-order valence-electron chi connectivity index (χ2n) is 7.59. The van der Waals surface area contributed by atoms with E-state index in [9.17, 15) is 4.79 Å². The van der Waals surface area contributed by atoms with Crippen molar-refractivity contribution in [3.8, 4) is 0 Å². The van der Waals surface area contributed by atoms with E-state index < -0.39 is 0 Å². The highest BCUT2D eigenvalue weighted by atomic mass is 32.2. The molecule has 0 aromatic rings. The maximum atomic E-state index is 12.5. The maximum absolute atomic E-state index is 12.5. The van der Waals surface area contributed by atoms with Gasteiger partial charge in [-0.3, -0.25) is 4.79 Å². The van der Waals surface area contributed by atoms with Crippen LogP contribution in [0.3, 0.4) is 0 Å². The molecular weight excluding hydrogens is 290 g/mol. The van der Waals surface area contributed by atoms with Crippen LogP contribution in [0.1, 0.15) is 80.1 Å². The van der Waals surface area contributed by atoms with Crippen molar-refractivity contribution in [3.05, 3.63) is 0 Å². The fraction of sp³-hybridized carbons (Fsp3) is 0.947. The molecule has 0 aromatic heterocycles. The normalized spacial score (nSPS) is 24.0. The summed E-state index contributed by atoms with van der Waals surface area (Å²) in [5.74, 6) is 1.02. The van der Waals surface area contributed by atoms with Gasteiger partial charge in [0.2, 0.25) is 5.91 Å². The topological polar surface area (TPSA) is 20.3 Å². The van der Waals surface area contributed by atoms with Gasteiger partial charge in [0.1, 0.15) is 0 Å². The van der Waals surface area contributed by atoms with Gasteiger partial charge in [-0.25, -0.2) is 0 Å². The molecule has 1 amide bonds. The standard InChI is InChI=1S/C19H37NOS/c1-8-15(4)19(6,10-3)16(14-18(5,9-2)22-7)20-13-11-12-17(20)21/h15-16H,8-14H2,1-7H3. The number of nitrogens with zero attached hydrogens (tertiary/aromatic N) is 1. The van der Waals surface area contributed by atoms with E-state index in [2.05, 4.69) is 52.7 Å². The fourth-order valence-electron chi connectivity index (χ4n) is 3.86. The van der Waals surface area contributed by atoms with Gasteiger partial charge in [-0.2, -0.15) is 11.8 Å². The maximum Gasteiger partial charge on any atom is 0.222 e. The molecule has 0 N–H and O–H groups in total. The number of amides is 1. The molecule has 3 heteroatoms. The lowest BCUT2D eigenvalue weighted by Crippen LogP contribution is -2.52. The molecule has 1 saturated heterocycles. The van der Waals surface area contributed by atoms with Gasteiger partial charge in [0.15, 0.2) is 0 Å². The second kappa shape index (κ2) is 8.08. The molecule has 1 rings (SSSR count). The largest absolute Gasteiger partial charge is 0.339 e. The molecule has 0 radical (unpaired) electrons. The molecule has 130 valence electrons. The van der Waals surface area contributed by atoms with Crippen LogP contribution in [0.2, 0.25) is 0 Å². The molecule has 2 nitrogen and oxygen atoms in total. The third kappa shape index (κ3) is 4.01. The quantitative estimate of drug-likeness (QED) is 0.568. The number of likely N-dealkylation sites (tertiary alicyclic amines) is 1. The summed E-state index contributed by atoms with van der Waals surface area (Å²) in [5.41, 5.74) is 0.209. The van der Waals surface area contributed by atoms with E-state index in [4.69, 9.17) is 0 Å². The van der Waals surface area contributed by atoms with Crippen LogP contribution in [-0.4, -0.2) is 34.4 Å². The molecular formula is C19H37NOS. The SMILES string of the molecule is CCC(C)C(C)(CC)C(CC(C)(CC)SC)N1CCCC1=O. The van der Waals surface area contributed by atoms with E-state index in [0.717, 1.165) is 38.6 Å². The van der Waals surface area contributed by atoms with Crippen molar-refractivity contribution in [2.45, 2.75) is 90.9 Å². The van der Waals surface area contributed by atoms with E-state index in [0.29, 0.717) is 17.9 Å². The first-order valence-electron chi connectivity index (χ1n) is 9.12. The van der Waals surface area contributed by atoms with Crippen LogP contribution in [-0.2, 0) is 4.79 Å². The predicted octanol–water partition coefficient (Wildman–Crippen LogP) is 5.36. The molecule has 1 aliphatic heterocycles. The van der Waals surface area contributed by atoms with Crippen molar-refractivity contribution in [1.29, 1.82) is 0 Å². The Morgan fingerprint density at radius 3 is 2.23 bits per heavy atom. The predicted molar refractivity (Wildman–Crippen MR) is 99.4 cm³/mol. The Kier molecular flexibility index (Phi) is 7.29. The molecule has 0 aliphatic carbocycles. The fourth-order valence-corrected chi connectivity index (χ4v) is 4.47. The van der Waals surface area contributed by atoms with Gasteiger partial charge in [0.25, 0.3) is 0 Å². The Bertz CT molecular complexity index is 366. The van der Waals surface area contributed by atoms with Gasteiger partial charge in [-0.1, -0.05) is 48.0 Å². The number of rotatable bonds is 9. The molecule has 0 spiro atoms. The van der Waals surface area contributed by atoms with Crippen molar-refractivity contribution < 1.29 is 4.79 Å². The van der Waals surface area contributed by atoms with Crippen molar-refractivity contribution in [2.24, 2.45) is 11.3 Å². The van der Waals surface area contributed by atoms with Gasteiger partial charge >= 0.3 is 0 Å². The average molecular weight is 328 g/mol. The minimum atomic E-state index is 0.209. The molecule has 0 bridgehead atoms. The van der Waals surface area contributed by atoms with E-state index in [-0.39, 0.29) is 10.2 Å². The highest BCUT2D eigenvalue weighted by Gasteiger charge is 2.45. The summed E-state index contributed by atoms with van der Waals surface area (Å²) < 4.78 is 0.261. The smallest absolute Gasteiger partial charge is 0.222 e. The summed E-state index contributed by atoms with van der Waals surface area (Å²) in [6, 6.07) is 0.375. The lowest BCUT2D eigenvalue weighted by Gasteiger charge is -2.49. The van der Waals surface area contributed by atoms with Gasteiger partial charge in [0, 0.05) is 23.8 Å². The van der Waals surface area contributed by atoms with Crippen LogP contribution in [0.25, 0.3) is 0 Å². The van der Waals surface area contributed by atoms with Crippen LogP contribution in [0.4, 0.5) is 0 Å². The number of hydrogen-bond acceptors (Lipinski definition) is 2. The summed E-state index contributed by atoms with van der Waals surface area (Å²) in [6.07, 6.45) is 8.61. The number of carbonyl (C=O) groups is 1. The van der Waals surface area contributed by atoms with Crippen molar-refractivity contribution in [3.63, 3.8) is 0 Å². The minimum absolute atomic E-state index is 0.209. The zero-order valence-electron chi connectivity index (χ0n) is 15.9. The molecule has 4 atom stereocenters. The van der Waals surface area contributed by atoms with Crippen LogP contribution < -0.4 is 0 Å². The molecule has 22 heavy (non-hydrogen) atoms. The molecule has 4 unspecified atom stereocenters. The third-order valence-electron chi connectivity index (χ3n) is 6.61. The van der Waals surface area contributed by atoms with Crippen molar-refractivity contribution >= 4 is 17.7 Å². The van der Waals surface area contributed by atoms with Gasteiger partial charge < -0.3 is 4.90 Å². The first kappa shape index (κ1) is 19.9. The third-order valence-corrected chi connectivity index (χ3v) is 8.05. The minimum Gasteiger partial charge on any atom is -0.339 e. The second-order valence-corrected chi connectivity index (χ2v) is 8.98. The van der Waals surface area contributed by atoms with Crippen molar-refractivity contribution in [1.82, 2.24) is 4.90 Å². The van der Waals surface area contributed by atoms with Crippen molar-refractivity contribution in [2.75, 3.05) is 12.8 Å². The summed E-state index contributed by atoms with van der Waals surface area (Å²) in [6.45, 7) is 15.0. The molecule has 1 fully saturated rings. The summed E-state index contributed by atoms with van der Waals surface area (Å²) in [4.78, 5) is 14.7. The Morgan fingerprint density at radius 2 is 1.86 bits per heavy atom. The van der Waals surface area contributed by atoms with Crippen LogP contribution >= 0.6 is 11.8 Å². The summed E-state index contributed by atoms with van der Waals surface area (Å²) >= 11 is 1.97. The van der Waals surface area contributed by atoms with E-state index in [1.165, 1.54) is 6.42 Å². The summed E-state index contributed by atoms with van der Waals surface area (Å²) in [7, 11) is 0. The molecule has 0 saturated carbocycles. The highest BCUT2D eigenvalue weighted by Crippen LogP contribution is 2.46. The van der Waals surface area contributed by atoms with Crippen LogP contribution in [0.15, 0.2) is 0 Å². The first-order valence-corrected chi connectivity index (χ1v) is 10.3. The zero-order valence-corrected chi connectivity index (χ0v) is 16.7. The molecule has 1 aliphatic rings.